The third-order valence-corrected chi connectivity index (χ3v) is 7.08. The van der Waals surface area contributed by atoms with Crippen LogP contribution in [0.3, 0.4) is 0 Å². The maximum absolute atomic E-state index is 1.62. The monoisotopic (exact) mass is 232 g/mol. The lowest BCUT2D eigenvalue weighted by Gasteiger charge is -2.51. The molecule has 4 saturated carbocycles. The molecule has 0 bridgehead atoms. The van der Waals surface area contributed by atoms with E-state index in [1.165, 1.54) is 23.7 Å². The molecule has 0 aliphatic heterocycles. The van der Waals surface area contributed by atoms with Gasteiger partial charge in [0.2, 0.25) is 0 Å². The van der Waals surface area contributed by atoms with Crippen LogP contribution in [0.25, 0.3) is 0 Å². The zero-order valence-electron chi connectivity index (χ0n) is 11.2. The SMILES string of the molecule is C1CC2C3CC[C@@H]4CCCC[C@@H]4[C@H]3CC[C@@H]2C1. The summed E-state index contributed by atoms with van der Waals surface area (Å²) in [7, 11) is 0. The molecule has 4 fully saturated rings. The molecule has 4 aliphatic carbocycles. The van der Waals surface area contributed by atoms with Crippen molar-refractivity contribution in [3.63, 3.8) is 0 Å². The number of rotatable bonds is 0. The summed E-state index contributed by atoms with van der Waals surface area (Å²) >= 11 is 0. The van der Waals surface area contributed by atoms with Crippen LogP contribution in [0.5, 0.6) is 0 Å². The lowest BCUT2D eigenvalue weighted by molar-refractivity contribution is -0.0184. The van der Waals surface area contributed by atoms with Gasteiger partial charge in [-0.2, -0.15) is 0 Å². The lowest BCUT2D eigenvalue weighted by Crippen LogP contribution is -2.43. The van der Waals surface area contributed by atoms with Gasteiger partial charge in [-0.25, -0.2) is 0 Å². The Labute approximate surface area is 107 Å². The highest BCUT2D eigenvalue weighted by Crippen LogP contribution is 2.57. The van der Waals surface area contributed by atoms with E-state index in [1.807, 2.05) is 0 Å². The van der Waals surface area contributed by atoms with Crippen molar-refractivity contribution in [1.82, 2.24) is 0 Å². The fourth-order valence-corrected chi connectivity index (χ4v) is 6.45. The van der Waals surface area contributed by atoms with Gasteiger partial charge in [0.05, 0.1) is 0 Å². The van der Waals surface area contributed by atoms with Crippen molar-refractivity contribution in [3.05, 3.63) is 0 Å². The van der Waals surface area contributed by atoms with E-state index in [9.17, 15) is 0 Å². The lowest BCUT2D eigenvalue weighted by atomic mass is 9.54. The van der Waals surface area contributed by atoms with Crippen LogP contribution in [0.2, 0.25) is 0 Å². The number of fused-ring (bicyclic) bond motifs is 5. The summed E-state index contributed by atoms with van der Waals surface area (Å²) in [5, 5.41) is 0. The van der Waals surface area contributed by atoms with Crippen LogP contribution in [-0.4, -0.2) is 0 Å². The highest BCUT2D eigenvalue weighted by atomic mass is 14.5. The second-order valence-electron chi connectivity index (χ2n) is 7.55. The zero-order valence-corrected chi connectivity index (χ0v) is 11.2. The van der Waals surface area contributed by atoms with Gasteiger partial charge in [-0.15, -0.1) is 0 Å². The summed E-state index contributed by atoms with van der Waals surface area (Å²) in [6, 6.07) is 0. The molecule has 0 aromatic heterocycles. The summed E-state index contributed by atoms with van der Waals surface area (Å²) in [6.45, 7) is 0. The Balaban J connectivity index is 1.56. The standard InChI is InChI=1S/C17H28/c1-2-6-14-12(4-1)8-10-17-15-7-3-5-13(15)9-11-16(14)17/h12-17H,1-11H2/t12-,13-,14-,15?,16+,17?/m0/s1. The van der Waals surface area contributed by atoms with Crippen LogP contribution in [0.4, 0.5) is 0 Å². The van der Waals surface area contributed by atoms with Gasteiger partial charge in [-0.1, -0.05) is 32.1 Å². The van der Waals surface area contributed by atoms with E-state index in [2.05, 4.69) is 0 Å². The van der Waals surface area contributed by atoms with Gasteiger partial charge < -0.3 is 0 Å². The van der Waals surface area contributed by atoms with Crippen molar-refractivity contribution in [2.45, 2.75) is 70.6 Å². The van der Waals surface area contributed by atoms with Crippen LogP contribution in [0.15, 0.2) is 0 Å². The topological polar surface area (TPSA) is 0 Å². The quantitative estimate of drug-likeness (QED) is 0.549. The maximum atomic E-state index is 1.62. The molecule has 0 N–H and O–H groups in total. The van der Waals surface area contributed by atoms with Crippen molar-refractivity contribution in [2.75, 3.05) is 0 Å². The molecule has 2 unspecified atom stereocenters. The molecule has 0 aromatic rings. The van der Waals surface area contributed by atoms with Gasteiger partial charge >= 0.3 is 0 Å². The molecule has 0 radical (unpaired) electrons. The van der Waals surface area contributed by atoms with Crippen LogP contribution in [0, 0.1) is 35.5 Å². The number of hydrogen-bond donors (Lipinski definition) is 0. The highest BCUT2D eigenvalue weighted by molar-refractivity contribution is 4.98. The predicted molar refractivity (Wildman–Crippen MR) is 71.7 cm³/mol. The van der Waals surface area contributed by atoms with E-state index < -0.39 is 0 Å². The fraction of sp³-hybridized carbons (Fsp3) is 1.00. The van der Waals surface area contributed by atoms with E-state index in [4.69, 9.17) is 0 Å². The second kappa shape index (κ2) is 4.28. The van der Waals surface area contributed by atoms with E-state index in [-0.39, 0.29) is 0 Å². The van der Waals surface area contributed by atoms with Crippen molar-refractivity contribution >= 4 is 0 Å². The van der Waals surface area contributed by atoms with Gasteiger partial charge in [0.25, 0.3) is 0 Å². The molecule has 0 saturated heterocycles. The molecule has 6 atom stereocenters. The molecule has 0 heteroatoms. The molecule has 0 spiro atoms. The van der Waals surface area contributed by atoms with Gasteiger partial charge in [-0.3, -0.25) is 0 Å². The molecule has 0 heterocycles. The first-order chi connectivity index (χ1) is 8.43. The summed E-state index contributed by atoms with van der Waals surface area (Å²) in [5.74, 6) is 7.02. The summed E-state index contributed by atoms with van der Waals surface area (Å²) in [4.78, 5) is 0. The first-order valence-electron chi connectivity index (χ1n) is 8.43. The Morgan fingerprint density at radius 2 is 0.882 bits per heavy atom. The highest BCUT2D eigenvalue weighted by Gasteiger charge is 2.48. The van der Waals surface area contributed by atoms with Crippen LogP contribution in [-0.2, 0) is 0 Å². The van der Waals surface area contributed by atoms with Gasteiger partial charge in [0.1, 0.15) is 0 Å². The second-order valence-corrected chi connectivity index (χ2v) is 7.55. The molecular formula is C17H28. The van der Waals surface area contributed by atoms with E-state index in [0.717, 1.165) is 11.8 Å². The largest absolute Gasteiger partial charge is 0.0530 e. The molecule has 0 aromatic carbocycles. The number of hydrogen-bond acceptors (Lipinski definition) is 0. The van der Waals surface area contributed by atoms with Gasteiger partial charge in [-0.05, 0) is 74.0 Å². The molecule has 96 valence electrons. The Morgan fingerprint density at radius 1 is 0.353 bits per heavy atom. The minimum atomic E-state index is 1.16. The smallest absolute Gasteiger partial charge is 0.0352 e. The third kappa shape index (κ3) is 1.70. The third-order valence-electron chi connectivity index (χ3n) is 7.08. The fourth-order valence-electron chi connectivity index (χ4n) is 6.45. The van der Waals surface area contributed by atoms with Crippen molar-refractivity contribution in [3.8, 4) is 0 Å². The van der Waals surface area contributed by atoms with Crippen molar-refractivity contribution < 1.29 is 0 Å². The minimum absolute atomic E-state index is 1.16. The average Bonchev–Trinajstić information content (AvgIpc) is 2.86. The van der Waals surface area contributed by atoms with Crippen LogP contribution < -0.4 is 0 Å². The summed E-state index contributed by atoms with van der Waals surface area (Å²) in [6.07, 6.45) is 17.5. The Hall–Kier alpha value is 0. The van der Waals surface area contributed by atoms with E-state index in [0.29, 0.717) is 0 Å². The normalized spacial score (nSPS) is 53.6. The van der Waals surface area contributed by atoms with Gasteiger partial charge in [0, 0.05) is 0 Å². The predicted octanol–water partition coefficient (Wildman–Crippen LogP) is 5.03. The first kappa shape index (κ1) is 10.9. The van der Waals surface area contributed by atoms with Crippen LogP contribution >= 0.6 is 0 Å². The summed E-state index contributed by atoms with van der Waals surface area (Å²) in [5.41, 5.74) is 0. The Bertz CT molecular complexity index is 282. The summed E-state index contributed by atoms with van der Waals surface area (Å²) < 4.78 is 0. The van der Waals surface area contributed by atoms with Gasteiger partial charge in [0.15, 0.2) is 0 Å². The Morgan fingerprint density at radius 3 is 1.59 bits per heavy atom. The Kier molecular flexibility index (Phi) is 2.74. The van der Waals surface area contributed by atoms with Crippen molar-refractivity contribution in [1.29, 1.82) is 0 Å². The van der Waals surface area contributed by atoms with E-state index >= 15 is 0 Å². The zero-order chi connectivity index (χ0) is 11.2. The molecule has 17 heavy (non-hydrogen) atoms. The van der Waals surface area contributed by atoms with Crippen LogP contribution in [0.1, 0.15) is 70.6 Å². The molecular weight excluding hydrogens is 204 g/mol. The van der Waals surface area contributed by atoms with Crippen molar-refractivity contribution in [2.24, 2.45) is 35.5 Å². The molecule has 4 aliphatic rings. The molecule has 0 amide bonds. The first-order valence-corrected chi connectivity index (χ1v) is 8.43. The molecule has 4 rings (SSSR count). The van der Waals surface area contributed by atoms with E-state index in [1.54, 1.807) is 70.6 Å². The maximum Gasteiger partial charge on any atom is -0.0352 e. The minimum Gasteiger partial charge on any atom is -0.0530 e. The average molecular weight is 232 g/mol. The molecule has 0 nitrogen and oxygen atoms in total.